The topological polar surface area (TPSA) is 84.4 Å². The van der Waals surface area contributed by atoms with Crippen LogP contribution in [0.4, 0.5) is 5.69 Å². The molecule has 1 aromatic heterocycles. The first-order valence-electron chi connectivity index (χ1n) is 10.7. The Hall–Kier alpha value is -3.74. The Balaban J connectivity index is 1.49. The van der Waals surface area contributed by atoms with Gasteiger partial charge in [0.1, 0.15) is 5.75 Å². The van der Waals surface area contributed by atoms with Crippen molar-refractivity contribution in [2.75, 3.05) is 25.0 Å². The summed E-state index contributed by atoms with van der Waals surface area (Å²) in [6.45, 7) is 2.79. The van der Waals surface area contributed by atoms with Crippen molar-refractivity contribution in [3.05, 3.63) is 72.7 Å². The zero-order valence-electron chi connectivity index (χ0n) is 18.0. The quantitative estimate of drug-likeness (QED) is 0.641. The maximum atomic E-state index is 12.8. The summed E-state index contributed by atoms with van der Waals surface area (Å²) in [5.74, 6) is 0.611. The number of carbonyl (C=O) groups is 2. The normalized spacial score (nSPS) is 15.8. The number of ether oxygens (including phenoxy) is 1. The Bertz CT molecular complexity index is 1090. The van der Waals surface area contributed by atoms with Gasteiger partial charge in [0.15, 0.2) is 6.61 Å². The van der Waals surface area contributed by atoms with Crippen molar-refractivity contribution in [2.45, 2.75) is 25.7 Å². The molecule has 7 heteroatoms. The summed E-state index contributed by atoms with van der Waals surface area (Å²) in [6, 6.07) is 16.9. The van der Waals surface area contributed by atoms with E-state index in [0.29, 0.717) is 24.5 Å². The number of anilines is 1. The highest BCUT2D eigenvalue weighted by molar-refractivity contribution is 5.89. The standard InChI is InChI=1S/C25H26N4O3/c1-18(30)28-21-9-5-7-19(15-21)24-25(27-13-12-26-24)20-8-6-14-29(16-20)23(31)17-32-22-10-3-2-4-11-22/h2-5,7,9-13,15,20H,6,8,14,16-17H2,1H3,(H,28,30)/t20-/m1/s1. The molecule has 2 aromatic carbocycles. The number of nitrogens with zero attached hydrogens (tertiary/aromatic N) is 3. The van der Waals surface area contributed by atoms with E-state index < -0.39 is 0 Å². The molecule has 7 nitrogen and oxygen atoms in total. The van der Waals surface area contributed by atoms with Crippen LogP contribution >= 0.6 is 0 Å². The van der Waals surface area contributed by atoms with Crippen LogP contribution in [0.1, 0.15) is 31.4 Å². The molecule has 1 saturated heterocycles. The van der Waals surface area contributed by atoms with Crippen LogP contribution in [0.15, 0.2) is 67.0 Å². The lowest BCUT2D eigenvalue weighted by molar-refractivity contribution is -0.134. The van der Waals surface area contributed by atoms with Gasteiger partial charge in [-0.3, -0.25) is 19.6 Å². The molecule has 3 aromatic rings. The third-order valence-corrected chi connectivity index (χ3v) is 5.45. The number of nitrogens with one attached hydrogen (secondary N) is 1. The molecule has 164 valence electrons. The van der Waals surface area contributed by atoms with Gasteiger partial charge in [0.2, 0.25) is 5.91 Å². The van der Waals surface area contributed by atoms with Gasteiger partial charge in [-0.1, -0.05) is 30.3 Å². The van der Waals surface area contributed by atoms with Crippen molar-refractivity contribution in [2.24, 2.45) is 0 Å². The van der Waals surface area contributed by atoms with E-state index in [9.17, 15) is 9.59 Å². The average molecular weight is 431 g/mol. The van der Waals surface area contributed by atoms with Crippen LogP contribution in [-0.2, 0) is 9.59 Å². The first kappa shape index (κ1) is 21.5. The number of piperidine rings is 1. The maximum Gasteiger partial charge on any atom is 0.260 e. The number of hydrogen-bond acceptors (Lipinski definition) is 5. The third kappa shape index (κ3) is 5.29. The van der Waals surface area contributed by atoms with Gasteiger partial charge in [-0.05, 0) is 37.1 Å². The summed E-state index contributed by atoms with van der Waals surface area (Å²) in [4.78, 5) is 35.3. The van der Waals surface area contributed by atoms with E-state index in [2.05, 4.69) is 15.3 Å². The number of hydrogen-bond donors (Lipinski definition) is 1. The van der Waals surface area contributed by atoms with E-state index in [0.717, 1.165) is 29.8 Å². The molecular formula is C25H26N4O3. The van der Waals surface area contributed by atoms with Crippen LogP contribution < -0.4 is 10.1 Å². The van der Waals surface area contributed by atoms with E-state index in [1.54, 1.807) is 12.4 Å². The predicted octanol–water partition coefficient (Wildman–Crippen LogP) is 3.89. The molecule has 32 heavy (non-hydrogen) atoms. The second-order valence-electron chi connectivity index (χ2n) is 7.83. The smallest absolute Gasteiger partial charge is 0.260 e. The minimum Gasteiger partial charge on any atom is -0.484 e. The minimum atomic E-state index is -0.124. The van der Waals surface area contributed by atoms with Crippen LogP contribution in [0.3, 0.4) is 0 Å². The SMILES string of the molecule is CC(=O)Nc1cccc(-c2nccnc2[C@@H]2CCCN(C(=O)COc3ccccc3)C2)c1. The first-order chi connectivity index (χ1) is 15.6. The molecule has 0 unspecified atom stereocenters. The van der Waals surface area contributed by atoms with Crippen LogP contribution in [0, 0.1) is 0 Å². The molecule has 2 amide bonds. The largest absolute Gasteiger partial charge is 0.484 e. The molecule has 0 saturated carbocycles. The van der Waals surface area contributed by atoms with E-state index in [4.69, 9.17) is 4.74 Å². The summed E-state index contributed by atoms with van der Waals surface area (Å²) >= 11 is 0. The Labute approximate surface area is 187 Å². The molecule has 1 atom stereocenters. The number of benzene rings is 2. The summed E-state index contributed by atoms with van der Waals surface area (Å²) < 4.78 is 5.65. The second kappa shape index (κ2) is 10.0. The number of para-hydroxylation sites is 1. The van der Waals surface area contributed by atoms with Crippen LogP contribution in [0.25, 0.3) is 11.3 Å². The van der Waals surface area contributed by atoms with Crippen molar-refractivity contribution in [3.8, 4) is 17.0 Å². The first-order valence-corrected chi connectivity index (χ1v) is 10.7. The minimum absolute atomic E-state index is 0.0167. The highest BCUT2D eigenvalue weighted by Crippen LogP contribution is 2.32. The second-order valence-corrected chi connectivity index (χ2v) is 7.83. The monoisotopic (exact) mass is 430 g/mol. The lowest BCUT2D eigenvalue weighted by Gasteiger charge is -2.33. The van der Waals surface area contributed by atoms with E-state index in [-0.39, 0.29) is 24.3 Å². The van der Waals surface area contributed by atoms with E-state index in [1.807, 2.05) is 59.5 Å². The molecule has 2 heterocycles. The fourth-order valence-corrected chi connectivity index (χ4v) is 4.00. The molecule has 4 rings (SSSR count). The van der Waals surface area contributed by atoms with E-state index in [1.165, 1.54) is 6.92 Å². The maximum absolute atomic E-state index is 12.8. The van der Waals surface area contributed by atoms with Gasteiger partial charge in [0.05, 0.1) is 11.4 Å². The molecule has 1 fully saturated rings. The van der Waals surface area contributed by atoms with Gasteiger partial charge in [-0.15, -0.1) is 0 Å². The van der Waals surface area contributed by atoms with Crippen molar-refractivity contribution in [1.82, 2.24) is 14.9 Å². The number of rotatable bonds is 6. The third-order valence-electron chi connectivity index (χ3n) is 5.45. The lowest BCUT2D eigenvalue weighted by Crippen LogP contribution is -2.41. The molecule has 0 bridgehead atoms. The summed E-state index contributed by atoms with van der Waals surface area (Å²) in [6.07, 6.45) is 5.18. The Kier molecular flexibility index (Phi) is 6.75. The zero-order valence-corrected chi connectivity index (χ0v) is 18.0. The lowest BCUT2D eigenvalue weighted by atomic mass is 9.91. The molecule has 1 aliphatic rings. The summed E-state index contributed by atoms with van der Waals surface area (Å²) in [5, 5.41) is 2.81. The summed E-state index contributed by atoms with van der Waals surface area (Å²) in [5.41, 5.74) is 3.24. The zero-order chi connectivity index (χ0) is 22.3. The number of likely N-dealkylation sites (tertiary alicyclic amines) is 1. The van der Waals surface area contributed by atoms with Crippen LogP contribution in [0.2, 0.25) is 0 Å². The van der Waals surface area contributed by atoms with Gasteiger partial charge in [0, 0.05) is 49.6 Å². The molecule has 0 spiro atoms. The molecule has 1 N–H and O–H groups in total. The summed E-state index contributed by atoms with van der Waals surface area (Å²) in [7, 11) is 0. The Morgan fingerprint density at radius 3 is 2.72 bits per heavy atom. The van der Waals surface area contributed by atoms with Crippen molar-refractivity contribution in [3.63, 3.8) is 0 Å². The van der Waals surface area contributed by atoms with Gasteiger partial charge in [-0.2, -0.15) is 0 Å². The fraction of sp³-hybridized carbons (Fsp3) is 0.280. The number of carbonyl (C=O) groups excluding carboxylic acids is 2. The van der Waals surface area contributed by atoms with Crippen LogP contribution in [-0.4, -0.2) is 46.4 Å². The fourth-order valence-electron chi connectivity index (χ4n) is 4.00. The van der Waals surface area contributed by atoms with E-state index >= 15 is 0 Å². The highest BCUT2D eigenvalue weighted by Gasteiger charge is 2.28. The Morgan fingerprint density at radius 1 is 1.09 bits per heavy atom. The number of aromatic nitrogens is 2. The molecule has 0 aliphatic carbocycles. The predicted molar refractivity (Wildman–Crippen MR) is 122 cm³/mol. The van der Waals surface area contributed by atoms with Crippen molar-refractivity contribution < 1.29 is 14.3 Å². The number of amides is 2. The van der Waals surface area contributed by atoms with Crippen LogP contribution in [0.5, 0.6) is 5.75 Å². The van der Waals surface area contributed by atoms with Crippen molar-refractivity contribution in [1.29, 1.82) is 0 Å². The highest BCUT2D eigenvalue weighted by atomic mass is 16.5. The van der Waals surface area contributed by atoms with Gasteiger partial charge < -0.3 is 15.0 Å². The Morgan fingerprint density at radius 2 is 1.91 bits per heavy atom. The van der Waals surface area contributed by atoms with Gasteiger partial charge in [0.25, 0.3) is 5.91 Å². The molecule has 1 aliphatic heterocycles. The van der Waals surface area contributed by atoms with Gasteiger partial charge >= 0.3 is 0 Å². The average Bonchev–Trinajstić information content (AvgIpc) is 2.83. The molecule has 0 radical (unpaired) electrons. The van der Waals surface area contributed by atoms with Crippen molar-refractivity contribution >= 4 is 17.5 Å². The molecular weight excluding hydrogens is 404 g/mol. The van der Waals surface area contributed by atoms with Gasteiger partial charge in [-0.25, -0.2) is 0 Å².